The number of amides is 1. The molecule has 0 radical (unpaired) electrons. The van der Waals surface area contributed by atoms with Gasteiger partial charge in [0.15, 0.2) is 11.5 Å². The quantitative estimate of drug-likeness (QED) is 0.870. The fraction of sp³-hybridized carbons (Fsp3) is 0.562. The first kappa shape index (κ1) is 15.6. The van der Waals surface area contributed by atoms with Gasteiger partial charge in [-0.2, -0.15) is 0 Å². The van der Waals surface area contributed by atoms with Crippen LogP contribution in [0.2, 0.25) is 0 Å². The van der Waals surface area contributed by atoms with E-state index in [2.05, 4.69) is 5.32 Å². The van der Waals surface area contributed by atoms with E-state index >= 15 is 0 Å². The van der Waals surface area contributed by atoms with E-state index in [1.165, 1.54) is 0 Å². The summed E-state index contributed by atoms with van der Waals surface area (Å²) >= 11 is 0. The molecule has 5 heteroatoms. The van der Waals surface area contributed by atoms with E-state index < -0.39 is 0 Å². The Morgan fingerprint density at radius 2 is 2.24 bits per heavy atom. The summed E-state index contributed by atoms with van der Waals surface area (Å²) in [4.78, 5) is 14.6. The fourth-order valence-corrected chi connectivity index (χ4v) is 2.79. The number of likely N-dealkylation sites (tertiary alicyclic amines) is 1. The lowest BCUT2D eigenvalue weighted by atomic mass is 10.1. The van der Waals surface area contributed by atoms with E-state index in [-0.39, 0.29) is 11.9 Å². The lowest BCUT2D eigenvalue weighted by Crippen LogP contribution is -2.40. The Labute approximate surface area is 126 Å². The Hall–Kier alpha value is -1.75. The van der Waals surface area contributed by atoms with Gasteiger partial charge in [-0.05, 0) is 45.0 Å². The van der Waals surface area contributed by atoms with Gasteiger partial charge in [0, 0.05) is 24.7 Å². The van der Waals surface area contributed by atoms with E-state index in [4.69, 9.17) is 9.47 Å². The van der Waals surface area contributed by atoms with Gasteiger partial charge in [0.25, 0.3) is 5.91 Å². The molecule has 1 amide bonds. The molecule has 0 bridgehead atoms. The van der Waals surface area contributed by atoms with Crippen LogP contribution in [0.15, 0.2) is 18.2 Å². The molecule has 1 fully saturated rings. The van der Waals surface area contributed by atoms with Gasteiger partial charge >= 0.3 is 0 Å². The van der Waals surface area contributed by atoms with Crippen LogP contribution in [0.4, 0.5) is 0 Å². The molecule has 1 aromatic rings. The predicted molar refractivity (Wildman–Crippen MR) is 82.1 cm³/mol. The normalized spacial score (nSPS) is 17.9. The highest BCUT2D eigenvalue weighted by atomic mass is 16.5. The number of nitrogens with one attached hydrogen (secondary N) is 1. The number of hydrogen-bond donors (Lipinski definition) is 1. The van der Waals surface area contributed by atoms with Crippen molar-refractivity contribution < 1.29 is 14.3 Å². The van der Waals surface area contributed by atoms with Gasteiger partial charge in [-0.15, -0.1) is 0 Å². The molecule has 1 aliphatic rings. The van der Waals surface area contributed by atoms with Gasteiger partial charge < -0.3 is 19.7 Å². The molecule has 2 rings (SSSR count). The van der Waals surface area contributed by atoms with Gasteiger partial charge in [0.05, 0.1) is 13.7 Å². The standard InChI is InChI=1S/C16H24N2O3/c1-4-21-14-8-7-12(10-15(14)20-3)16(19)18-9-5-6-13(18)11-17-2/h7-8,10,13,17H,4-6,9,11H2,1-3H3. The van der Waals surface area contributed by atoms with Crippen LogP contribution in [0.5, 0.6) is 11.5 Å². The Bertz CT molecular complexity index is 490. The second kappa shape index (κ2) is 7.31. The highest BCUT2D eigenvalue weighted by Gasteiger charge is 2.29. The number of nitrogens with zero attached hydrogens (tertiary/aromatic N) is 1. The first-order valence-electron chi connectivity index (χ1n) is 7.47. The summed E-state index contributed by atoms with van der Waals surface area (Å²) in [5.74, 6) is 1.34. The molecule has 21 heavy (non-hydrogen) atoms. The number of ether oxygens (including phenoxy) is 2. The first-order valence-corrected chi connectivity index (χ1v) is 7.47. The second-order valence-electron chi connectivity index (χ2n) is 5.15. The number of carbonyl (C=O) groups excluding carboxylic acids is 1. The SMILES string of the molecule is CCOc1ccc(C(=O)N2CCCC2CNC)cc1OC. The molecule has 0 spiro atoms. The second-order valence-corrected chi connectivity index (χ2v) is 5.15. The summed E-state index contributed by atoms with van der Waals surface area (Å²) in [5.41, 5.74) is 0.651. The number of methoxy groups -OCH3 is 1. The van der Waals surface area contributed by atoms with Crippen molar-refractivity contribution in [3.8, 4) is 11.5 Å². The smallest absolute Gasteiger partial charge is 0.254 e. The number of hydrogen-bond acceptors (Lipinski definition) is 4. The number of rotatable bonds is 6. The molecule has 0 aromatic heterocycles. The maximum Gasteiger partial charge on any atom is 0.254 e. The summed E-state index contributed by atoms with van der Waals surface area (Å²) in [6, 6.07) is 5.66. The first-order chi connectivity index (χ1) is 10.2. The lowest BCUT2D eigenvalue weighted by Gasteiger charge is -2.25. The maximum absolute atomic E-state index is 12.7. The average molecular weight is 292 g/mol. The summed E-state index contributed by atoms with van der Waals surface area (Å²) in [7, 11) is 3.51. The molecule has 1 heterocycles. The lowest BCUT2D eigenvalue weighted by molar-refractivity contribution is 0.0736. The van der Waals surface area contributed by atoms with Crippen LogP contribution in [-0.2, 0) is 0 Å². The molecule has 0 aliphatic carbocycles. The Morgan fingerprint density at radius 1 is 1.43 bits per heavy atom. The molecule has 5 nitrogen and oxygen atoms in total. The monoisotopic (exact) mass is 292 g/mol. The van der Waals surface area contributed by atoms with E-state index in [0.29, 0.717) is 23.7 Å². The molecular formula is C16H24N2O3. The molecule has 0 saturated carbocycles. The third-order valence-electron chi connectivity index (χ3n) is 3.79. The van der Waals surface area contributed by atoms with Crippen LogP contribution in [-0.4, -0.2) is 50.7 Å². The van der Waals surface area contributed by atoms with Gasteiger partial charge in [-0.3, -0.25) is 4.79 Å². The third-order valence-corrected chi connectivity index (χ3v) is 3.79. The Kier molecular flexibility index (Phi) is 5.44. The van der Waals surface area contributed by atoms with Crippen LogP contribution in [0, 0.1) is 0 Å². The van der Waals surface area contributed by atoms with E-state index in [0.717, 1.165) is 25.9 Å². The zero-order valence-electron chi connectivity index (χ0n) is 13.0. The van der Waals surface area contributed by atoms with Crippen LogP contribution in [0.1, 0.15) is 30.1 Å². The number of benzene rings is 1. The van der Waals surface area contributed by atoms with Crippen molar-refractivity contribution in [3.63, 3.8) is 0 Å². The molecular weight excluding hydrogens is 268 g/mol. The summed E-state index contributed by atoms with van der Waals surface area (Å²) in [5, 5.41) is 3.16. The van der Waals surface area contributed by atoms with Crippen LogP contribution < -0.4 is 14.8 Å². The van der Waals surface area contributed by atoms with Gasteiger partial charge in [0.2, 0.25) is 0 Å². The minimum absolute atomic E-state index is 0.0640. The largest absolute Gasteiger partial charge is 0.493 e. The summed E-state index contributed by atoms with van der Waals surface area (Å²) < 4.78 is 10.8. The maximum atomic E-state index is 12.7. The summed E-state index contributed by atoms with van der Waals surface area (Å²) in [6.07, 6.45) is 2.12. The Morgan fingerprint density at radius 3 is 2.90 bits per heavy atom. The highest BCUT2D eigenvalue weighted by Crippen LogP contribution is 2.29. The van der Waals surface area contributed by atoms with Crippen LogP contribution in [0.3, 0.4) is 0 Å². The average Bonchev–Trinajstić information content (AvgIpc) is 2.96. The molecule has 1 unspecified atom stereocenters. The van der Waals surface area contributed by atoms with Gasteiger partial charge in [-0.1, -0.05) is 0 Å². The minimum atomic E-state index is 0.0640. The summed E-state index contributed by atoms with van der Waals surface area (Å²) in [6.45, 7) is 4.14. The molecule has 1 N–H and O–H groups in total. The highest BCUT2D eigenvalue weighted by molar-refractivity contribution is 5.95. The van der Waals surface area contributed by atoms with Crippen molar-refractivity contribution >= 4 is 5.91 Å². The fourth-order valence-electron chi connectivity index (χ4n) is 2.79. The number of carbonyl (C=O) groups is 1. The van der Waals surface area contributed by atoms with Crippen molar-refractivity contribution in [1.82, 2.24) is 10.2 Å². The van der Waals surface area contributed by atoms with E-state index in [1.807, 2.05) is 24.9 Å². The van der Waals surface area contributed by atoms with Gasteiger partial charge in [-0.25, -0.2) is 0 Å². The van der Waals surface area contributed by atoms with Crippen molar-refractivity contribution in [2.24, 2.45) is 0 Å². The van der Waals surface area contributed by atoms with E-state index in [9.17, 15) is 4.79 Å². The predicted octanol–water partition coefficient (Wildman–Crippen LogP) is 1.92. The third kappa shape index (κ3) is 3.47. The zero-order chi connectivity index (χ0) is 15.2. The number of likely N-dealkylation sites (N-methyl/N-ethyl adjacent to an activating group) is 1. The zero-order valence-corrected chi connectivity index (χ0v) is 13.0. The van der Waals surface area contributed by atoms with Crippen molar-refractivity contribution in [1.29, 1.82) is 0 Å². The molecule has 1 atom stereocenters. The molecule has 116 valence electrons. The topological polar surface area (TPSA) is 50.8 Å². The molecule has 1 aliphatic heterocycles. The molecule has 1 saturated heterocycles. The van der Waals surface area contributed by atoms with Crippen LogP contribution >= 0.6 is 0 Å². The van der Waals surface area contributed by atoms with Crippen molar-refractivity contribution in [3.05, 3.63) is 23.8 Å². The van der Waals surface area contributed by atoms with Gasteiger partial charge in [0.1, 0.15) is 0 Å². The van der Waals surface area contributed by atoms with Crippen LogP contribution in [0.25, 0.3) is 0 Å². The Balaban J connectivity index is 2.19. The minimum Gasteiger partial charge on any atom is -0.493 e. The van der Waals surface area contributed by atoms with Crippen molar-refractivity contribution in [2.45, 2.75) is 25.8 Å². The van der Waals surface area contributed by atoms with Crippen molar-refractivity contribution in [2.75, 3.05) is 33.9 Å². The van der Waals surface area contributed by atoms with E-state index in [1.54, 1.807) is 19.2 Å². The molecule has 1 aromatic carbocycles.